The van der Waals surface area contributed by atoms with Gasteiger partial charge in [0.25, 0.3) is 0 Å². The average Bonchev–Trinajstić information content (AvgIpc) is 2.92. The molecule has 1 aromatic heterocycles. The Morgan fingerprint density at radius 1 is 1.22 bits per heavy atom. The summed E-state index contributed by atoms with van der Waals surface area (Å²) in [7, 11) is 0. The van der Waals surface area contributed by atoms with Crippen LogP contribution >= 0.6 is 11.6 Å². The Morgan fingerprint density at radius 3 is 2.74 bits per heavy atom. The molecule has 0 saturated heterocycles. The van der Waals surface area contributed by atoms with Crippen LogP contribution in [0.15, 0.2) is 59.7 Å². The Labute approximate surface area is 138 Å². The monoisotopic (exact) mass is 323 g/mol. The summed E-state index contributed by atoms with van der Waals surface area (Å²) >= 11 is 5.92. The number of nitriles is 1. The third kappa shape index (κ3) is 3.44. The van der Waals surface area contributed by atoms with E-state index >= 15 is 0 Å². The lowest BCUT2D eigenvalue weighted by Crippen LogP contribution is -2.26. The Balaban J connectivity index is 1.88. The molecule has 0 spiro atoms. The molecular formula is C17H14ClN5. The van der Waals surface area contributed by atoms with Crippen LogP contribution in [0.2, 0.25) is 5.02 Å². The Bertz CT molecular complexity index is 903. The van der Waals surface area contributed by atoms with E-state index in [0.29, 0.717) is 5.69 Å². The molecule has 0 aliphatic heterocycles. The van der Waals surface area contributed by atoms with Crippen molar-refractivity contribution in [3.05, 3.63) is 65.3 Å². The summed E-state index contributed by atoms with van der Waals surface area (Å²) < 4.78 is 2.16. The van der Waals surface area contributed by atoms with Crippen LogP contribution in [0, 0.1) is 11.5 Å². The third-order valence-electron chi connectivity index (χ3n) is 3.45. The van der Waals surface area contributed by atoms with Gasteiger partial charge in [-0.3, -0.25) is 5.32 Å². The molecule has 23 heavy (non-hydrogen) atoms. The summed E-state index contributed by atoms with van der Waals surface area (Å²) in [6.45, 7) is 0.765. The first-order valence-corrected chi connectivity index (χ1v) is 7.36. The number of hydrogen-bond donors (Lipinski definition) is 2. The molecular weight excluding hydrogens is 310 g/mol. The summed E-state index contributed by atoms with van der Waals surface area (Å²) in [5, 5.41) is 12.6. The summed E-state index contributed by atoms with van der Waals surface area (Å²) in [4.78, 5) is 4.14. The molecule has 0 fully saturated rings. The highest BCUT2D eigenvalue weighted by Gasteiger charge is 2.03. The van der Waals surface area contributed by atoms with E-state index in [-0.39, 0.29) is 5.96 Å². The van der Waals surface area contributed by atoms with Crippen LogP contribution in [-0.2, 0) is 6.54 Å². The van der Waals surface area contributed by atoms with Crippen molar-refractivity contribution in [3.8, 4) is 6.19 Å². The van der Waals surface area contributed by atoms with Crippen LogP contribution in [-0.4, -0.2) is 10.5 Å². The zero-order valence-corrected chi connectivity index (χ0v) is 13.0. The normalized spacial score (nSPS) is 11.4. The van der Waals surface area contributed by atoms with Gasteiger partial charge < -0.3 is 10.3 Å². The number of aromatic nitrogens is 1. The highest BCUT2D eigenvalue weighted by atomic mass is 35.5. The Kier molecular flexibility index (Phi) is 4.18. The summed E-state index contributed by atoms with van der Waals surface area (Å²) in [6, 6.07) is 15.6. The third-order valence-corrected chi connectivity index (χ3v) is 3.71. The maximum atomic E-state index is 8.51. The lowest BCUT2D eigenvalue weighted by Gasteiger charge is -2.06. The largest absolute Gasteiger partial charge is 0.369 e. The number of nitrogens with zero attached hydrogens (tertiary/aromatic N) is 3. The van der Waals surface area contributed by atoms with Crippen molar-refractivity contribution in [2.45, 2.75) is 6.54 Å². The summed E-state index contributed by atoms with van der Waals surface area (Å²) in [5.74, 6) is 0.0763. The number of aliphatic imine (C=N–C) groups is 1. The molecule has 3 rings (SSSR count). The number of rotatable bonds is 3. The number of halogens is 1. The first kappa shape index (κ1) is 14.9. The van der Waals surface area contributed by atoms with Gasteiger partial charge >= 0.3 is 0 Å². The topological polar surface area (TPSA) is 79.1 Å². The number of benzene rings is 2. The van der Waals surface area contributed by atoms with Crippen LogP contribution in [0.1, 0.15) is 5.56 Å². The lowest BCUT2D eigenvalue weighted by atomic mass is 10.2. The summed E-state index contributed by atoms with van der Waals surface area (Å²) in [5.41, 5.74) is 8.56. The van der Waals surface area contributed by atoms with Gasteiger partial charge in [0, 0.05) is 28.7 Å². The van der Waals surface area contributed by atoms with E-state index in [4.69, 9.17) is 22.6 Å². The number of guanidine groups is 1. The minimum atomic E-state index is 0.0763. The van der Waals surface area contributed by atoms with Gasteiger partial charge in [-0.1, -0.05) is 23.7 Å². The van der Waals surface area contributed by atoms with Crippen molar-refractivity contribution >= 4 is 34.2 Å². The molecule has 1 heterocycles. The van der Waals surface area contributed by atoms with E-state index in [1.165, 1.54) is 5.56 Å². The maximum absolute atomic E-state index is 8.51. The highest BCUT2D eigenvalue weighted by Crippen LogP contribution is 2.23. The van der Waals surface area contributed by atoms with Crippen molar-refractivity contribution in [1.82, 2.24) is 9.88 Å². The molecule has 0 bridgehead atoms. The molecule has 114 valence electrons. The van der Waals surface area contributed by atoms with Crippen LogP contribution in [0.25, 0.3) is 10.9 Å². The fourth-order valence-corrected chi connectivity index (χ4v) is 2.53. The van der Waals surface area contributed by atoms with Gasteiger partial charge in [-0.25, -0.2) is 4.99 Å². The second kappa shape index (κ2) is 6.42. The molecule has 6 heteroatoms. The zero-order valence-electron chi connectivity index (χ0n) is 12.2. The molecule has 3 N–H and O–H groups in total. The van der Waals surface area contributed by atoms with E-state index in [1.54, 1.807) is 6.19 Å². The first-order chi connectivity index (χ1) is 11.2. The second-order valence-corrected chi connectivity index (χ2v) is 5.48. The van der Waals surface area contributed by atoms with Crippen LogP contribution in [0.3, 0.4) is 0 Å². The fourth-order valence-electron chi connectivity index (χ4n) is 2.41. The molecule has 0 unspecified atom stereocenters. The van der Waals surface area contributed by atoms with Crippen LogP contribution < -0.4 is 11.1 Å². The molecule has 3 aromatic rings. The molecule has 5 nitrogen and oxygen atoms in total. The molecule has 0 aliphatic carbocycles. The van der Waals surface area contributed by atoms with E-state index in [9.17, 15) is 0 Å². The van der Waals surface area contributed by atoms with Gasteiger partial charge in [-0.2, -0.15) is 5.26 Å². The van der Waals surface area contributed by atoms with Crippen LogP contribution in [0.5, 0.6) is 0 Å². The van der Waals surface area contributed by atoms with Crippen molar-refractivity contribution in [2.24, 2.45) is 10.7 Å². The molecule has 0 saturated carbocycles. The Hall–Kier alpha value is -2.97. The van der Waals surface area contributed by atoms with Crippen molar-refractivity contribution in [1.29, 1.82) is 5.26 Å². The van der Waals surface area contributed by atoms with E-state index in [2.05, 4.69) is 14.9 Å². The standard InChI is InChI=1S/C17H14ClN5/c18-14-3-1-12(2-4-14)10-23-8-7-13-9-15(5-6-16(13)23)22-17(20)21-11-19/h1-9H,10H2,(H3,20,21,22). The van der Waals surface area contributed by atoms with Gasteiger partial charge in [-0.15, -0.1) is 0 Å². The Morgan fingerprint density at radius 2 is 2.00 bits per heavy atom. The minimum Gasteiger partial charge on any atom is -0.369 e. The van der Waals surface area contributed by atoms with Crippen molar-refractivity contribution < 1.29 is 0 Å². The lowest BCUT2D eigenvalue weighted by molar-refractivity contribution is 0.837. The van der Waals surface area contributed by atoms with E-state index in [0.717, 1.165) is 22.5 Å². The molecule has 0 atom stereocenters. The average molecular weight is 324 g/mol. The molecule has 0 radical (unpaired) electrons. The maximum Gasteiger partial charge on any atom is 0.207 e. The van der Waals surface area contributed by atoms with Crippen molar-refractivity contribution in [2.75, 3.05) is 0 Å². The van der Waals surface area contributed by atoms with Gasteiger partial charge in [0.2, 0.25) is 5.96 Å². The number of fused-ring (bicyclic) bond motifs is 1. The fraction of sp³-hybridized carbons (Fsp3) is 0.0588. The van der Waals surface area contributed by atoms with Gasteiger partial charge in [-0.05, 0) is 42.0 Å². The van der Waals surface area contributed by atoms with E-state index in [1.807, 2.05) is 54.7 Å². The first-order valence-electron chi connectivity index (χ1n) is 6.98. The highest BCUT2D eigenvalue weighted by molar-refractivity contribution is 6.30. The molecule has 2 aromatic carbocycles. The predicted octanol–water partition coefficient (Wildman–Crippen LogP) is 3.36. The van der Waals surface area contributed by atoms with Gasteiger partial charge in [0.1, 0.15) is 0 Å². The molecule has 0 amide bonds. The number of hydrogen-bond acceptors (Lipinski definition) is 2. The SMILES string of the molecule is N#CNC(N)=Nc1ccc2c(ccn2Cc2ccc(Cl)cc2)c1. The van der Waals surface area contributed by atoms with Crippen LogP contribution in [0.4, 0.5) is 5.69 Å². The van der Waals surface area contributed by atoms with Gasteiger partial charge in [0.15, 0.2) is 6.19 Å². The quantitative estimate of drug-likeness (QED) is 0.336. The minimum absolute atomic E-state index is 0.0763. The number of nitrogens with two attached hydrogens (primary N) is 1. The molecule has 0 aliphatic rings. The zero-order chi connectivity index (χ0) is 16.2. The smallest absolute Gasteiger partial charge is 0.207 e. The summed E-state index contributed by atoms with van der Waals surface area (Å²) in [6.07, 6.45) is 3.77. The van der Waals surface area contributed by atoms with E-state index < -0.39 is 0 Å². The van der Waals surface area contributed by atoms with Gasteiger partial charge in [0.05, 0.1) is 5.69 Å². The second-order valence-electron chi connectivity index (χ2n) is 5.05. The predicted molar refractivity (Wildman–Crippen MR) is 92.5 cm³/mol. The van der Waals surface area contributed by atoms with Crippen molar-refractivity contribution in [3.63, 3.8) is 0 Å². The number of nitrogens with one attached hydrogen (secondary N) is 1.